The van der Waals surface area contributed by atoms with Crippen molar-refractivity contribution in [2.24, 2.45) is 5.92 Å². The number of anilines is 2. The summed E-state index contributed by atoms with van der Waals surface area (Å²) in [5.41, 5.74) is 1.18. The number of nitrogens with one attached hydrogen (secondary N) is 2. The summed E-state index contributed by atoms with van der Waals surface area (Å²) in [5.74, 6) is 1.82. The zero-order valence-electron chi connectivity index (χ0n) is 10.7. The molecule has 2 N–H and O–H groups in total. The summed E-state index contributed by atoms with van der Waals surface area (Å²) in [6.45, 7) is 4.11. The summed E-state index contributed by atoms with van der Waals surface area (Å²) in [6.07, 6.45) is 8.88. The molecule has 0 aliphatic heterocycles. The van der Waals surface area contributed by atoms with Crippen LogP contribution in [0.25, 0.3) is 0 Å². The Labute approximate surface area is 104 Å². The van der Waals surface area contributed by atoms with E-state index in [-0.39, 0.29) is 0 Å². The largest absolute Gasteiger partial charge is 0.385 e. The minimum absolute atomic E-state index is 0.861. The standard InChI is InChI=1S/C14H23N3/c1-2-15-14-10-13(8-9-16-14)17-11-12-6-4-3-5-7-12/h8-10,12H,2-7,11H2,1H3,(H2,15,16,17). The zero-order valence-corrected chi connectivity index (χ0v) is 10.7. The maximum atomic E-state index is 4.27. The van der Waals surface area contributed by atoms with Crippen LogP contribution in [0.1, 0.15) is 39.0 Å². The third kappa shape index (κ3) is 3.91. The summed E-state index contributed by atoms with van der Waals surface area (Å²) in [6, 6.07) is 4.13. The molecule has 1 saturated carbocycles. The fourth-order valence-corrected chi connectivity index (χ4v) is 2.47. The van der Waals surface area contributed by atoms with Crippen molar-refractivity contribution in [1.29, 1.82) is 0 Å². The number of hydrogen-bond acceptors (Lipinski definition) is 3. The van der Waals surface area contributed by atoms with Gasteiger partial charge in [0.15, 0.2) is 0 Å². The first-order chi connectivity index (χ1) is 8.38. The van der Waals surface area contributed by atoms with E-state index in [1.807, 2.05) is 12.3 Å². The third-order valence-electron chi connectivity index (χ3n) is 3.44. The van der Waals surface area contributed by atoms with Gasteiger partial charge in [-0.25, -0.2) is 4.98 Å². The van der Waals surface area contributed by atoms with Gasteiger partial charge in [-0.1, -0.05) is 19.3 Å². The summed E-state index contributed by atoms with van der Waals surface area (Å²) >= 11 is 0. The van der Waals surface area contributed by atoms with Crippen molar-refractivity contribution in [3.63, 3.8) is 0 Å². The molecule has 1 heterocycles. The molecule has 0 saturated heterocycles. The second kappa shape index (κ2) is 6.48. The van der Waals surface area contributed by atoms with E-state index in [1.54, 1.807) is 0 Å². The van der Waals surface area contributed by atoms with Gasteiger partial charge in [0.05, 0.1) is 0 Å². The van der Waals surface area contributed by atoms with Crippen LogP contribution < -0.4 is 10.6 Å². The Hall–Kier alpha value is -1.25. The van der Waals surface area contributed by atoms with E-state index in [2.05, 4.69) is 28.6 Å². The lowest BCUT2D eigenvalue weighted by atomic mass is 9.89. The van der Waals surface area contributed by atoms with Crippen molar-refractivity contribution >= 4 is 11.5 Å². The first-order valence-electron chi connectivity index (χ1n) is 6.82. The summed E-state index contributed by atoms with van der Waals surface area (Å²) in [5, 5.41) is 6.77. The molecule has 1 aromatic heterocycles. The second-order valence-electron chi connectivity index (χ2n) is 4.85. The van der Waals surface area contributed by atoms with Crippen LogP contribution in [-0.2, 0) is 0 Å². The van der Waals surface area contributed by atoms with Gasteiger partial charge in [-0.15, -0.1) is 0 Å². The van der Waals surface area contributed by atoms with E-state index in [4.69, 9.17) is 0 Å². The molecule has 17 heavy (non-hydrogen) atoms. The quantitative estimate of drug-likeness (QED) is 0.817. The fourth-order valence-electron chi connectivity index (χ4n) is 2.47. The molecule has 0 unspecified atom stereocenters. The van der Waals surface area contributed by atoms with Crippen molar-refractivity contribution in [2.45, 2.75) is 39.0 Å². The molecule has 0 amide bonds. The molecular formula is C14H23N3. The molecule has 0 aromatic carbocycles. The van der Waals surface area contributed by atoms with E-state index in [0.717, 1.165) is 24.8 Å². The van der Waals surface area contributed by atoms with Crippen LogP contribution >= 0.6 is 0 Å². The van der Waals surface area contributed by atoms with Gasteiger partial charge in [0, 0.05) is 31.0 Å². The number of hydrogen-bond donors (Lipinski definition) is 2. The van der Waals surface area contributed by atoms with Gasteiger partial charge >= 0.3 is 0 Å². The predicted molar refractivity (Wildman–Crippen MR) is 73.5 cm³/mol. The molecular weight excluding hydrogens is 210 g/mol. The molecule has 3 heteroatoms. The van der Waals surface area contributed by atoms with Crippen molar-refractivity contribution in [3.8, 4) is 0 Å². The van der Waals surface area contributed by atoms with Gasteiger partial charge in [0.1, 0.15) is 5.82 Å². The maximum absolute atomic E-state index is 4.27. The normalized spacial score (nSPS) is 16.8. The van der Waals surface area contributed by atoms with Gasteiger partial charge in [-0.3, -0.25) is 0 Å². The molecule has 2 rings (SSSR count). The van der Waals surface area contributed by atoms with Crippen molar-refractivity contribution in [1.82, 2.24) is 4.98 Å². The number of aromatic nitrogens is 1. The van der Waals surface area contributed by atoms with E-state index in [0.29, 0.717) is 0 Å². The molecule has 0 radical (unpaired) electrons. The number of pyridine rings is 1. The molecule has 3 nitrogen and oxygen atoms in total. The monoisotopic (exact) mass is 233 g/mol. The Morgan fingerprint density at radius 1 is 1.24 bits per heavy atom. The predicted octanol–water partition coefficient (Wildman–Crippen LogP) is 3.51. The van der Waals surface area contributed by atoms with E-state index in [1.165, 1.54) is 37.8 Å². The fraction of sp³-hybridized carbons (Fsp3) is 0.643. The smallest absolute Gasteiger partial charge is 0.127 e. The van der Waals surface area contributed by atoms with Crippen LogP contribution in [0.5, 0.6) is 0 Å². The number of nitrogens with zero attached hydrogens (tertiary/aromatic N) is 1. The Kier molecular flexibility index (Phi) is 4.65. The molecule has 1 aliphatic carbocycles. The summed E-state index contributed by atoms with van der Waals surface area (Å²) in [4.78, 5) is 4.27. The van der Waals surface area contributed by atoms with E-state index >= 15 is 0 Å². The minimum Gasteiger partial charge on any atom is -0.385 e. The second-order valence-corrected chi connectivity index (χ2v) is 4.85. The average Bonchev–Trinajstić information content (AvgIpc) is 2.39. The first kappa shape index (κ1) is 12.2. The van der Waals surface area contributed by atoms with Crippen molar-refractivity contribution in [3.05, 3.63) is 18.3 Å². The number of rotatable bonds is 5. The van der Waals surface area contributed by atoms with Crippen LogP contribution in [-0.4, -0.2) is 18.1 Å². The Bertz CT molecular complexity index is 332. The lowest BCUT2D eigenvalue weighted by molar-refractivity contribution is 0.373. The molecule has 0 bridgehead atoms. The average molecular weight is 233 g/mol. The highest BCUT2D eigenvalue weighted by molar-refractivity contribution is 5.51. The lowest BCUT2D eigenvalue weighted by Gasteiger charge is -2.22. The SMILES string of the molecule is CCNc1cc(NCC2CCCCC2)ccn1. The highest BCUT2D eigenvalue weighted by atomic mass is 15.0. The van der Waals surface area contributed by atoms with Crippen molar-refractivity contribution < 1.29 is 0 Å². The lowest BCUT2D eigenvalue weighted by Crippen LogP contribution is -2.17. The van der Waals surface area contributed by atoms with Crippen molar-refractivity contribution in [2.75, 3.05) is 23.7 Å². The minimum atomic E-state index is 0.861. The molecule has 94 valence electrons. The summed E-state index contributed by atoms with van der Waals surface area (Å²) in [7, 11) is 0. The van der Waals surface area contributed by atoms with E-state index in [9.17, 15) is 0 Å². The van der Waals surface area contributed by atoms with Crippen LogP contribution in [0.4, 0.5) is 11.5 Å². The van der Waals surface area contributed by atoms with Crippen LogP contribution in [0.3, 0.4) is 0 Å². The van der Waals surface area contributed by atoms with Gasteiger partial charge in [0.2, 0.25) is 0 Å². The maximum Gasteiger partial charge on any atom is 0.127 e. The topological polar surface area (TPSA) is 37.0 Å². The van der Waals surface area contributed by atoms with Crippen LogP contribution in [0, 0.1) is 5.92 Å². The zero-order chi connectivity index (χ0) is 11.9. The van der Waals surface area contributed by atoms with Gasteiger partial charge < -0.3 is 10.6 Å². The third-order valence-corrected chi connectivity index (χ3v) is 3.44. The van der Waals surface area contributed by atoms with Gasteiger partial charge in [0.25, 0.3) is 0 Å². The Morgan fingerprint density at radius 2 is 2.06 bits per heavy atom. The summed E-state index contributed by atoms with van der Waals surface area (Å²) < 4.78 is 0. The van der Waals surface area contributed by atoms with E-state index < -0.39 is 0 Å². The van der Waals surface area contributed by atoms with Crippen LogP contribution in [0.2, 0.25) is 0 Å². The highest BCUT2D eigenvalue weighted by Gasteiger charge is 2.12. The van der Waals surface area contributed by atoms with Gasteiger partial charge in [-0.2, -0.15) is 0 Å². The molecule has 0 atom stereocenters. The Morgan fingerprint density at radius 3 is 2.82 bits per heavy atom. The molecule has 1 aliphatic rings. The van der Waals surface area contributed by atoms with Crippen LogP contribution in [0.15, 0.2) is 18.3 Å². The molecule has 1 fully saturated rings. The molecule has 0 spiro atoms. The van der Waals surface area contributed by atoms with Gasteiger partial charge in [-0.05, 0) is 31.7 Å². The Balaban J connectivity index is 1.83. The first-order valence-corrected chi connectivity index (χ1v) is 6.82. The highest BCUT2D eigenvalue weighted by Crippen LogP contribution is 2.24. The molecule has 1 aromatic rings.